The van der Waals surface area contributed by atoms with Crippen LogP contribution in [0.3, 0.4) is 0 Å². The number of nitrogen functional groups attached to an aromatic ring is 1. The number of nitrogens with zero attached hydrogens (tertiary/aromatic N) is 2. The molecule has 0 saturated carbocycles. The number of rotatable bonds is 2. The van der Waals surface area contributed by atoms with E-state index in [1.165, 1.54) is 6.07 Å². The van der Waals surface area contributed by atoms with Crippen LogP contribution in [0.25, 0.3) is 0 Å². The van der Waals surface area contributed by atoms with E-state index in [-0.39, 0.29) is 11.5 Å². The number of hydrogen-bond acceptors (Lipinski definition) is 2. The number of aromatic nitrogens is 2. The first-order valence-electron chi connectivity index (χ1n) is 5.22. The van der Waals surface area contributed by atoms with Gasteiger partial charge in [-0.25, -0.2) is 4.39 Å². The second kappa shape index (κ2) is 4.49. The largest absolute Gasteiger partial charge is 0.396 e. The van der Waals surface area contributed by atoms with E-state index in [0.717, 1.165) is 21.4 Å². The van der Waals surface area contributed by atoms with Gasteiger partial charge in [-0.2, -0.15) is 5.10 Å². The van der Waals surface area contributed by atoms with Crippen molar-refractivity contribution in [2.75, 3.05) is 5.73 Å². The lowest BCUT2D eigenvalue weighted by atomic mass is 10.2. The van der Waals surface area contributed by atoms with E-state index in [1.807, 2.05) is 24.6 Å². The van der Waals surface area contributed by atoms with Crippen LogP contribution in [-0.2, 0) is 6.54 Å². The van der Waals surface area contributed by atoms with Crippen LogP contribution in [0.2, 0.25) is 0 Å². The summed E-state index contributed by atoms with van der Waals surface area (Å²) >= 11 is 3.46. The molecule has 2 rings (SSSR count). The molecule has 5 heteroatoms. The molecule has 3 nitrogen and oxygen atoms in total. The summed E-state index contributed by atoms with van der Waals surface area (Å²) in [6, 6.07) is 4.83. The summed E-state index contributed by atoms with van der Waals surface area (Å²) in [5.41, 5.74) is 8.40. The van der Waals surface area contributed by atoms with E-state index in [2.05, 4.69) is 21.0 Å². The Morgan fingerprint density at radius 1 is 1.41 bits per heavy atom. The lowest BCUT2D eigenvalue weighted by Crippen LogP contribution is -2.04. The van der Waals surface area contributed by atoms with Gasteiger partial charge in [-0.3, -0.25) is 4.68 Å². The molecule has 17 heavy (non-hydrogen) atoms. The summed E-state index contributed by atoms with van der Waals surface area (Å²) in [6.07, 6.45) is 0. The Morgan fingerprint density at radius 3 is 2.65 bits per heavy atom. The minimum Gasteiger partial charge on any atom is -0.396 e. The number of halogens is 2. The Balaban J connectivity index is 2.31. The van der Waals surface area contributed by atoms with Gasteiger partial charge in [-0.15, -0.1) is 0 Å². The van der Waals surface area contributed by atoms with Gasteiger partial charge >= 0.3 is 0 Å². The third-order valence-electron chi connectivity index (χ3n) is 2.69. The lowest BCUT2D eigenvalue weighted by molar-refractivity contribution is 0.619. The maximum atomic E-state index is 13.3. The number of anilines is 1. The first-order valence-corrected chi connectivity index (χ1v) is 6.01. The molecule has 0 unspecified atom stereocenters. The molecule has 1 aromatic heterocycles. The van der Waals surface area contributed by atoms with Crippen molar-refractivity contribution in [2.45, 2.75) is 20.4 Å². The Hall–Kier alpha value is -1.36. The molecule has 0 bridgehead atoms. The van der Waals surface area contributed by atoms with Crippen molar-refractivity contribution in [1.29, 1.82) is 0 Å². The second-order valence-electron chi connectivity index (χ2n) is 4.00. The predicted octanol–water partition coefficient (Wildman–Crippen LogP) is 3.03. The third-order valence-corrected chi connectivity index (χ3v) is 3.84. The topological polar surface area (TPSA) is 43.8 Å². The van der Waals surface area contributed by atoms with Crippen molar-refractivity contribution in [3.63, 3.8) is 0 Å². The first-order chi connectivity index (χ1) is 7.99. The summed E-state index contributed by atoms with van der Waals surface area (Å²) in [7, 11) is 0. The van der Waals surface area contributed by atoms with E-state index in [1.54, 1.807) is 6.07 Å². The summed E-state index contributed by atoms with van der Waals surface area (Å²) in [4.78, 5) is 0. The Labute approximate surface area is 108 Å². The number of aryl methyl sites for hydroxylation is 1. The standard InChI is InChI=1S/C12H13BrFN3/c1-7-12(13)8(2)17(16-7)6-9-3-4-11(15)10(14)5-9/h3-5H,6,15H2,1-2H3. The van der Waals surface area contributed by atoms with Gasteiger partial charge in [-0.1, -0.05) is 6.07 Å². The van der Waals surface area contributed by atoms with Crippen LogP contribution >= 0.6 is 15.9 Å². The Bertz CT molecular complexity index is 563. The number of nitrogens with two attached hydrogens (primary N) is 1. The highest BCUT2D eigenvalue weighted by molar-refractivity contribution is 9.10. The van der Waals surface area contributed by atoms with Gasteiger partial charge in [0.25, 0.3) is 0 Å². The summed E-state index contributed by atoms with van der Waals surface area (Å²) in [6.45, 7) is 4.43. The predicted molar refractivity (Wildman–Crippen MR) is 69.3 cm³/mol. The molecule has 2 N–H and O–H groups in total. The van der Waals surface area contributed by atoms with E-state index in [0.29, 0.717) is 6.54 Å². The molecule has 90 valence electrons. The highest BCUT2D eigenvalue weighted by atomic mass is 79.9. The molecule has 0 fully saturated rings. The molecule has 0 aliphatic heterocycles. The van der Waals surface area contributed by atoms with Gasteiger partial charge in [0.2, 0.25) is 0 Å². The smallest absolute Gasteiger partial charge is 0.146 e. The fourth-order valence-corrected chi connectivity index (χ4v) is 1.95. The zero-order valence-corrected chi connectivity index (χ0v) is 11.3. The summed E-state index contributed by atoms with van der Waals surface area (Å²) in [5, 5.41) is 4.37. The van der Waals surface area contributed by atoms with Crippen LogP contribution in [0.5, 0.6) is 0 Å². The first kappa shape index (κ1) is 12.1. The highest BCUT2D eigenvalue weighted by Crippen LogP contribution is 2.21. The van der Waals surface area contributed by atoms with Gasteiger partial charge in [0, 0.05) is 0 Å². The average Bonchev–Trinajstić information content (AvgIpc) is 2.52. The van der Waals surface area contributed by atoms with Crippen LogP contribution in [0.15, 0.2) is 22.7 Å². The quantitative estimate of drug-likeness (QED) is 0.866. The van der Waals surface area contributed by atoms with Crippen molar-refractivity contribution in [2.24, 2.45) is 0 Å². The van der Waals surface area contributed by atoms with Crippen molar-refractivity contribution < 1.29 is 4.39 Å². The highest BCUT2D eigenvalue weighted by Gasteiger charge is 2.09. The lowest BCUT2D eigenvalue weighted by Gasteiger charge is -2.06. The normalized spacial score (nSPS) is 10.8. The number of benzene rings is 1. The molecule has 1 aromatic carbocycles. The van der Waals surface area contributed by atoms with Gasteiger partial charge in [0.05, 0.1) is 28.1 Å². The molecule has 0 spiro atoms. The van der Waals surface area contributed by atoms with Crippen molar-refractivity contribution in [1.82, 2.24) is 9.78 Å². The van der Waals surface area contributed by atoms with Crippen molar-refractivity contribution >= 4 is 21.6 Å². The van der Waals surface area contributed by atoms with Crippen LogP contribution < -0.4 is 5.73 Å². The van der Waals surface area contributed by atoms with Crippen LogP contribution in [0, 0.1) is 19.7 Å². The molecule has 0 amide bonds. The van der Waals surface area contributed by atoms with Crippen LogP contribution in [-0.4, -0.2) is 9.78 Å². The monoisotopic (exact) mass is 297 g/mol. The second-order valence-corrected chi connectivity index (χ2v) is 4.79. The van der Waals surface area contributed by atoms with Crippen molar-refractivity contribution in [3.8, 4) is 0 Å². The Kier molecular flexibility index (Phi) is 3.19. The molecule has 0 aliphatic rings. The molecular weight excluding hydrogens is 285 g/mol. The molecule has 0 saturated heterocycles. The zero-order valence-electron chi connectivity index (χ0n) is 9.67. The third kappa shape index (κ3) is 2.34. The van der Waals surface area contributed by atoms with Gasteiger partial charge in [-0.05, 0) is 47.5 Å². The maximum Gasteiger partial charge on any atom is 0.146 e. The van der Waals surface area contributed by atoms with E-state index < -0.39 is 0 Å². The van der Waals surface area contributed by atoms with Gasteiger partial charge in [0.1, 0.15) is 5.82 Å². The van der Waals surface area contributed by atoms with E-state index >= 15 is 0 Å². The fourth-order valence-electron chi connectivity index (χ4n) is 1.67. The minimum absolute atomic E-state index is 0.170. The SMILES string of the molecule is Cc1nn(Cc2ccc(N)c(F)c2)c(C)c1Br. The van der Waals surface area contributed by atoms with E-state index in [9.17, 15) is 4.39 Å². The van der Waals surface area contributed by atoms with Crippen LogP contribution in [0.4, 0.5) is 10.1 Å². The van der Waals surface area contributed by atoms with Crippen molar-refractivity contribution in [3.05, 3.63) is 45.4 Å². The zero-order chi connectivity index (χ0) is 12.6. The van der Waals surface area contributed by atoms with Gasteiger partial charge in [0.15, 0.2) is 0 Å². The minimum atomic E-state index is -0.386. The summed E-state index contributed by atoms with van der Waals surface area (Å²) < 4.78 is 16.1. The molecule has 0 aliphatic carbocycles. The van der Waals surface area contributed by atoms with Gasteiger partial charge < -0.3 is 5.73 Å². The number of hydrogen-bond donors (Lipinski definition) is 1. The van der Waals surface area contributed by atoms with Crippen LogP contribution in [0.1, 0.15) is 17.0 Å². The maximum absolute atomic E-state index is 13.3. The van der Waals surface area contributed by atoms with E-state index in [4.69, 9.17) is 5.73 Å². The molecule has 2 aromatic rings. The Morgan fingerprint density at radius 2 is 2.12 bits per heavy atom. The average molecular weight is 298 g/mol. The molecule has 1 heterocycles. The summed E-state index contributed by atoms with van der Waals surface area (Å²) in [5.74, 6) is -0.386. The fraction of sp³-hybridized carbons (Fsp3) is 0.250. The molecular formula is C12H13BrFN3. The molecule has 0 radical (unpaired) electrons. The molecule has 0 atom stereocenters.